The molecule has 28 heavy (non-hydrogen) atoms. The summed E-state index contributed by atoms with van der Waals surface area (Å²) in [4.78, 5) is 27.7. The van der Waals surface area contributed by atoms with Gasteiger partial charge >= 0.3 is 0 Å². The molecule has 0 radical (unpaired) electrons. The van der Waals surface area contributed by atoms with Crippen LogP contribution in [0, 0.1) is 18.3 Å². The highest BCUT2D eigenvalue weighted by atomic mass is 16.5. The maximum atomic E-state index is 13.0. The summed E-state index contributed by atoms with van der Waals surface area (Å²) in [6.07, 6.45) is 7.07. The van der Waals surface area contributed by atoms with Crippen LogP contribution in [0.15, 0.2) is 48.5 Å². The fourth-order valence-corrected chi connectivity index (χ4v) is 3.53. The van der Waals surface area contributed by atoms with Crippen molar-refractivity contribution in [2.45, 2.75) is 32.8 Å². The largest absolute Gasteiger partial charge is 0.491 e. The molecule has 1 aliphatic rings. The van der Waals surface area contributed by atoms with E-state index in [1.165, 1.54) is 0 Å². The number of rotatable bonds is 5. The summed E-state index contributed by atoms with van der Waals surface area (Å²) in [7, 11) is 0. The van der Waals surface area contributed by atoms with E-state index in [0.717, 1.165) is 12.8 Å². The van der Waals surface area contributed by atoms with E-state index in [1.807, 2.05) is 32.0 Å². The van der Waals surface area contributed by atoms with E-state index >= 15 is 0 Å². The Kier molecular flexibility index (Phi) is 6.16. The molecule has 0 spiro atoms. The van der Waals surface area contributed by atoms with E-state index in [4.69, 9.17) is 11.2 Å². The number of piperidine rings is 1. The fraction of sp³-hybridized carbons (Fsp3) is 0.333. The molecule has 1 atom stereocenters. The topological polar surface area (TPSA) is 46.6 Å². The Balaban J connectivity index is 1.73. The number of likely N-dealkylation sites (tertiary alicyclic amines) is 1. The third kappa shape index (κ3) is 4.61. The van der Waals surface area contributed by atoms with Gasteiger partial charge in [-0.3, -0.25) is 9.59 Å². The predicted octanol–water partition coefficient (Wildman–Crippen LogP) is 4.19. The summed E-state index contributed by atoms with van der Waals surface area (Å²) in [6, 6.07) is 14.4. The highest BCUT2D eigenvalue weighted by Crippen LogP contribution is 2.24. The standard InChI is InChI=1S/C24H25NO3/c1-4-18-8-5-10-20(14-18)24(27)25-13-7-11-21(16-25)23(26)19-9-6-12-22(15-19)28-17(2)3/h1,5-6,8-10,12,14-15,17,21H,7,11,13,16H2,2-3H3. The number of nitrogens with zero attached hydrogens (tertiary/aromatic N) is 1. The molecule has 144 valence electrons. The summed E-state index contributed by atoms with van der Waals surface area (Å²) < 4.78 is 5.70. The molecule has 0 N–H and O–H groups in total. The van der Waals surface area contributed by atoms with Crippen molar-refractivity contribution in [1.29, 1.82) is 0 Å². The third-order valence-electron chi connectivity index (χ3n) is 4.85. The second-order valence-electron chi connectivity index (χ2n) is 7.37. The molecule has 0 aliphatic carbocycles. The van der Waals surface area contributed by atoms with Gasteiger partial charge in [-0.05, 0) is 57.0 Å². The number of amides is 1. The van der Waals surface area contributed by atoms with Crippen molar-refractivity contribution < 1.29 is 14.3 Å². The molecule has 0 saturated carbocycles. The molecule has 1 unspecified atom stereocenters. The molecule has 2 aromatic rings. The van der Waals surface area contributed by atoms with E-state index in [-0.39, 0.29) is 23.7 Å². The number of carbonyl (C=O) groups excluding carboxylic acids is 2. The van der Waals surface area contributed by atoms with Crippen LogP contribution >= 0.6 is 0 Å². The molecular weight excluding hydrogens is 350 g/mol. The van der Waals surface area contributed by atoms with Crippen molar-refractivity contribution in [1.82, 2.24) is 4.90 Å². The maximum Gasteiger partial charge on any atom is 0.253 e. The van der Waals surface area contributed by atoms with Gasteiger partial charge in [0, 0.05) is 35.7 Å². The van der Waals surface area contributed by atoms with Crippen molar-refractivity contribution in [2.75, 3.05) is 13.1 Å². The predicted molar refractivity (Wildman–Crippen MR) is 110 cm³/mol. The van der Waals surface area contributed by atoms with Crippen LogP contribution in [0.4, 0.5) is 0 Å². The fourth-order valence-electron chi connectivity index (χ4n) is 3.53. The second-order valence-corrected chi connectivity index (χ2v) is 7.37. The Hall–Kier alpha value is -3.06. The van der Waals surface area contributed by atoms with Gasteiger partial charge < -0.3 is 9.64 Å². The maximum absolute atomic E-state index is 13.0. The van der Waals surface area contributed by atoms with E-state index in [1.54, 1.807) is 35.2 Å². The first-order valence-corrected chi connectivity index (χ1v) is 9.65. The van der Waals surface area contributed by atoms with Crippen molar-refractivity contribution >= 4 is 11.7 Å². The Labute approximate surface area is 166 Å². The smallest absolute Gasteiger partial charge is 0.253 e. The molecular formula is C24H25NO3. The number of hydrogen-bond donors (Lipinski definition) is 0. The Morgan fingerprint density at radius 2 is 1.89 bits per heavy atom. The van der Waals surface area contributed by atoms with E-state index in [2.05, 4.69) is 5.92 Å². The summed E-state index contributed by atoms with van der Waals surface area (Å²) in [6.45, 7) is 4.98. The van der Waals surface area contributed by atoms with E-state index in [0.29, 0.717) is 35.5 Å². The molecule has 0 aromatic heterocycles. The molecule has 2 aromatic carbocycles. The van der Waals surface area contributed by atoms with Crippen LogP contribution in [0.3, 0.4) is 0 Å². The minimum atomic E-state index is -0.206. The van der Waals surface area contributed by atoms with Gasteiger partial charge in [0.25, 0.3) is 5.91 Å². The van der Waals surface area contributed by atoms with Crippen LogP contribution in [0.2, 0.25) is 0 Å². The SMILES string of the molecule is C#Cc1cccc(C(=O)N2CCCC(C(=O)c3cccc(OC(C)C)c3)C2)c1. The molecule has 0 bridgehead atoms. The van der Waals surface area contributed by atoms with Gasteiger partial charge in [0.1, 0.15) is 5.75 Å². The second kappa shape index (κ2) is 8.75. The Morgan fingerprint density at radius 3 is 2.64 bits per heavy atom. The molecule has 4 nitrogen and oxygen atoms in total. The number of ether oxygens (including phenoxy) is 1. The van der Waals surface area contributed by atoms with Crippen LogP contribution < -0.4 is 4.74 Å². The summed E-state index contributed by atoms with van der Waals surface area (Å²) in [5.74, 6) is 3.02. The lowest BCUT2D eigenvalue weighted by atomic mass is 9.89. The average Bonchev–Trinajstić information content (AvgIpc) is 2.72. The van der Waals surface area contributed by atoms with Crippen LogP contribution in [-0.4, -0.2) is 35.8 Å². The van der Waals surface area contributed by atoms with Crippen LogP contribution in [0.25, 0.3) is 0 Å². The Morgan fingerprint density at radius 1 is 1.14 bits per heavy atom. The molecule has 3 rings (SSSR count). The summed E-state index contributed by atoms with van der Waals surface area (Å²) in [5.41, 5.74) is 1.88. The molecule has 1 saturated heterocycles. The van der Waals surface area contributed by atoms with Crippen LogP contribution in [-0.2, 0) is 0 Å². The summed E-state index contributed by atoms with van der Waals surface area (Å²) in [5, 5.41) is 0. The molecule has 4 heteroatoms. The zero-order chi connectivity index (χ0) is 20.1. The summed E-state index contributed by atoms with van der Waals surface area (Å²) >= 11 is 0. The van der Waals surface area contributed by atoms with Gasteiger partial charge in [0.2, 0.25) is 0 Å². The molecule has 1 heterocycles. The third-order valence-corrected chi connectivity index (χ3v) is 4.85. The molecule has 1 amide bonds. The number of terminal acetylenes is 1. The number of benzene rings is 2. The zero-order valence-corrected chi connectivity index (χ0v) is 16.4. The van der Waals surface area contributed by atoms with E-state index < -0.39 is 0 Å². The normalized spacial score (nSPS) is 16.5. The van der Waals surface area contributed by atoms with Crippen molar-refractivity contribution in [2.24, 2.45) is 5.92 Å². The first-order chi connectivity index (χ1) is 13.5. The number of Topliss-reactive ketones (excluding diaryl/α,β-unsaturated/α-hetero) is 1. The van der Waals surface area contributed by atoms with Crippen molar-refractivity contribution in [3.8, 4) is 18.1 Å². The lowest BCUT2D eigenvalue weighted by Crippen LogP contribution is -2.42. The van der Waals surface area contributed by atoms with Crippen LogP contribution in [0.5, 0.6) is 5.75 Å². The first kappa shape index (κ1) is 19.7. The quantitative estimate of drug-likeness (QED) is 0.581. The van der Waals surface area contributed by atoms with Crippen molar-refractivity contribution in [3.05, 3.63) is 65.2 Å². The Bertz CT molecular complexity index is 910. The number of hydrogen-bond acceptors (Lipinski definition) is 3. The van der Waals surface area contributed by atoms with Gasteiger partial charge in [0.15, 0.2) is 5.78 Å². The van der Waals surface area contributed by atoms with Gasteiger partial charge in [0.05, 0.1) is 6.10 Å². The lowest BCUT2D eigenvalue weighted by Gasteiger charge is -2.32. The van der Waals surface area contributed by atoms with Gasteiger partial charge in [-0.2, -0.15) is 0 Å². The van der Waals surface area contributed by atoms with E-state index in [9.17, 15) is 9.59 Å². The minimum absolute atomic E-state index is 0.0481. The van der Waals surface area contributed by atoms with Gasteiger partial charge in [-0.25, -0.2) is 0 Å². The number of ketones is 1. The van der Waals surface area contributed by atoms with Crippen LogP contribution in [0.1, 0.15) is 53.0 Å². The minimum Gasteiger partial charge on any atom is -0.491 e. The van der Waals surface area contributed by atoms with Gasteiger partial charge in [-0.1, -0.05) is 24.1 Å². The average molecular weight is 375 g/mol. The highest BCUT2D eigenvalue weighted by molar-refractivity contribution is 5.99. The first-order valence-electron chi connectivity index (χ1n) is 9.65. The van der Waals surface area contributed by atoms with Gasteiger partial charge in [-0.15, -0.1) is 6.42 Å². The highest BCUT2D eigenvalue weighted by Gasteiger charge is 2.29. The monoisotopic (exact) mass is 375 g/mol. The number of carbonyl (C=O) groups is 2. The zero-order valence-electron chi connectivity index (χ0n) is 16.4. The molecule has 1 aliphatic heterocycles. The van der Waals surface area contributed by atoms with Crippen molar-refractivity contribution in [3.63, 3.8) is 0 Å². The lowest BCUT2D eigenvalue weighted by molar-refractivity contribution is 0.0636. The molecule has 1 fully saturated rings.